The Morgan fingerprint density at radius 3 is 2.26 bits per heavy atom. The van der Waals surface area contributed by atoms with Crippen LogP contribution in [0.5, 0.6) is 23.0 Å². The number of primary amides is 1. The van der Waals surface area contributed by atoms with Gasteiger partial charge in [0.25, 0.3) is 0 Å². The van der Waals surface area contributed by atoms with Crippen LogP contribution in [0.15, 0.2) is 42.6 Å². The second kappa shape index (κ2) is 9.59. The molecular formula is C22H21FN2O6. The molecule has 1 aliphatic heterocycles. The molecule has 1 aliphatic rings. The Labute approximate surface area is 177 Å². The zero-order valence-corrected chi connectivity index (χ0v) is 16.6. The number of hydrogen-bond donors (Lipinski definition) is 1. The smallest absolute Gasteiger partial charge is 0.248 e. The van der Waals surface area contributed by atoms with Crippen LogP contribution in [0.1, 0.15) is 10.4 Å². The van der Waals surface area contributed by atoms with Crippen LogP contribution in [-0.4, -0.2) is 50.5 Å². The molecule has 2 aromatic carbocycles. The minimum atomic E-state index is -0.719. The van der Waals surface area contributed by atoms with Crippen LogP contribution in [0.25, 0.3) is 10.9 Å². The second-order valence-corrected chi connectivity index (χ2v) is 6.66. The van der Waals surface area contributed by atoms with Gasteiger partial charge in [-0.3, -0.25) is 9.78 Å². The highest BCUT2D eigenvalue weighted by Gasteiger charge is 2.15. The van der Waals surface area contributed by atoms with Gasteiger partial charge in [0.15, 0.2) is 23.1 Å². The van der Waals surface area contributed by atoms with Gasteiger partial charge in [0.2, 0.25) is 5.91 Å². The topological polar surface area (TPSA) is 102 Å². The normalized spacial score (nSPS) is 15.0. The van der Waals surface area contributed by atoms with E-state index in [1.165, 1.54) is 12.1 Å². The number of amides is 1. The largest absolute Gasteiger partial charge is 0.487 e. The summed E-state index contributed by atoms with van der Waals surface area (Å²) in [4.78, 5) is 15.6. The Balaban J connectivity index is 1.67. The van der Waals surface area contributed by atoms with Crippen molar-refractivity contribution >= 4 is 16.8 Å². The summed E-state index contributed by atoms with van der Waals surface area (Å²) < 4.78 is 42.7. The SMILES string of the molecule is NC(=O)c1ccc(Oc2ccnc3cc4c(cc23)OCCOCCOCCO4)c(F)c1. The average molecular weight is 428 g/mol. The highest BCUT2D eigenvalue weighted by molar-refractivity contribution is 5.93. The third kappa shape index (κ3) is 5.01. The lowest BCUT2D eigenvalue weighted by Crippen LogP contribution is -2.15. The maximum absolute atomic E-state index is 14.4. The van der Waals surface area contributed by atoms with E-state index in [4.69, 9.17) is 29.4 Å². The van der Waals surface area contributed by atoms with Crippen LogP contribution < -0.4 is 19.9 Å². The van der Waals surface area contributed by atoms with E-state index < -0.39 is 11.7 Å². The highest BCUT2D eigenvalue weighted by Crippen LogP contribution is 2.37. The average Bonchev–Trinajstić information content (AvgIpc) is 2.75. The first-order valence-electron chi connectivity index (χ1n) is 9.73. The van der Waals surface area contributed by atoms with Crippen LogP contribution in [-0.2, 0) is 9.47 Å². The predicted octanol–water partition coefficient (Wildman–Crippen LogP) is 3.07. The predicted molar refractivity (Wildman–Crippen MR) is 109 cm³/mol. The minimum Gasteiger partial charge on any atom is -0.487 e. The Morgan fingerprint density at radius 1 is 0.903 bits per heavy atom. The molecule has 0 saturated carbocycles. The van der Waals surface area contributed by atoms with Crippen LogP contribution in [0, 0.1) is 5.82 Å². The van der Waals surface area contributed by atoms with E-state index in [2.05, 4.69) is 4.98 Å². The highest BCUT2D eigenvalue weighted by atomic mass is 19.1. The molecular weight excluding hydrogens is 407 g/mol. The Kier molecular flexibility index (Phi) is 6.44. The summed E-state index contributed by atoms with van der Waals surface area (Å²) in [5.41, 5.74) is 5.83. The number of nitrogens with two attached hydrogens (primary N) is 1. The maximum Gasteiger partial charge on any atom is 0.248 e. The van der Waals surface area contributed by atoms with Crippen LogP contribution in [0.2, 0.25) is 0 Å². The van der Waals surface area contributed by atoms with Crippen molar-refractivity contribution in [2.24, 2.45) is 5.73 Å². The number of ether oxygens (including phenoxy) is 5. The van der Waals surface area contributed by atoms with E-state index >= 15 is 0 Å². The minimum absolute atomic E-state index is 0.0482. The van der Waals surface area contributed by atoms with E-state index in [0.717, 1.165) is 6.07 Å². The number of hydrogen-bond acceptors (Lipinski definition) is 7. The molecule has 0 fully saturated rings. The number of benzene rings is 2. The van der Waals surface area contributed by atoms with Crippen LogP contribution in [0.3, 0.4) is 0 Å². The van der Waals surface area contributed by atoms with Crippen molar-refractivity contribution in [1.82, 2.24) is 4.98 Å². The van der Waals surface area contributed by atoms with Gasteiger partial charge in [-0.2, -0.15) is 0 Å². The van der Waals surface area contributed by atoms with Crippen molar-refractivity contribution in [2.75, 3.05) is 39.6 Å². The Bertz CT molecular complexity index is 1090. The van der Waals surface area contributed by atoms with E-state index in [-0.39, 0.29) is 11.3 Å². The lowest BCUT2D eigenvalue weighted by atomic mass is 10.1. The summed E-state index contributed by atoms with van der Waals surface area (Å²) in [6.07, 6.45) is 1.55. The number of pyridine rings is 1. The van der Waals surface area contributed by atoms with Crippen LogP contribution in [0.4, 0.5) is 4.39 Å². The first-order valence-corrected chi connectivity index (χ1v) is 9.73. The van der Waals surface area contributed by atoms with Crippen molar-refractivity contribution in [3.05, 3.63) is 54.0 Å². The molecule has 0 unspecified atom stereocenters. The number of fused-ring (bicyclic) bond motifs is 2. The lowest BCUT2D eigenvalue weighted by molar-refractivity contribution is 0.0224. The van der Waals surface area contributed by atoms with Gasteiger partial charge in [-0.25, -0.2) is 4.39 Å². The summed E-state index contributed by atoms with van der Waals surface area (Å²) in [6.45, 7) is 2.45. The van der Waals surface area contributed by atoms with Crippen LogP contribution >= 0.6 is 0 Å². The monoisotopic (exact) mass is 428 g/mol. The fourth-order valence-corrected chi connectivity index (χ4v) is 3.04. The molecule has 0 radical (unpaired) electrons. The van der Waals surface area contributed by atoms with Crippen molar-refractivity contribution in [3.8, 4) is 23.0 Å². The lowest BCUT2D eigenvalue weighted by Gasteiger charge is -2.17. The molecule has 4 rings (SSSR count). The van der Waals surface area contributed by atoms with E-state index in [0.29, 0.717) is 67.8 Å². The van der Waals surface area contributed by atoms with E-state index in [9.17, 15) is 9.18 Å². The quantitative estimate of drug-likeness (QED) is 0.684. The van der Waals surface area contributed by atoms with Gasteiger partial charge in [0, 0.05) is 23.2 Å². The van der Waals surface area contributed by atoms with Crippen molar-refractivity contribution in [1.29, 1.82) is 0 Å². The summed E-state index contributed by atoms with van der Waals surface area (Å²) in [7, 11) is 0. The van der Waals surface area contributed by atoms with E-state index in [1.54, 1.807) is 24.4 Å². The van der Waals surface area contributed by atoms with Crippen molar-refractivity contribution in [3.63, 3.8) is 0 Å². The fourth-order valence-electron chi connectivity index (χ4n) is 3.04. The molecule has 0 atom stereocenters. The maximum atomic E-state index is 14.4. The van der Waals surface area contributed by atoms with Gasteiger partial charge in [-0.15, -0.1) is 0 Å². The zero-order valence-electron chi connectivity index (χ0n) is 16.6. The van der Waals surface area contributed by atoms with Gasteiger partial charge in [-0.05, 0) is 30.3 Å². The molecule has 162 valence electrons. The Morgan fingerprint density at radius 2 is 1.58 bits per heavy atom. The molecule has 1 aromatic heterocycles. The third-order valence-corrected chi connectivity index (χ3v) is 4.55. The summed E-state index contributed by atoms with van der Waals surface area (Å²) in [5.74, 6) is -0.106. The van der Waals surface area contributed by atoms with Gasteiger partial charge >= 0.3 is 0 Å². The number of carbonyl (C=O) groups is 1. The summed E-state index contributed by atoms with van der Waals surface area (Å²) >= 11 is 0. The number of carbonyl (C=O) groups excluding carboxylic acids is 1. The molecule has 2 N–H and O–H groups in total. The standard InChI is InChI=1S/C22H21FN2O6/c23-16-11-14(22(24)26)1-2-19(16)31-18-3-4-25-17-13-21-20(12-15(17)18)29-9-7-27-5-6-28-8-10-30-21/h1-4,11-13H,5-10H2,(H2,24,26). The first-order chi connectivity index (χ1) is 15.1. The molecule has 0 bridgehead atoms. The van der Waals surface area contributed by atoms with E-state index in [1.807, 2.05) is 0 Å². The number of aromatic nitrogens is 1. The van der Waals surface area contributed by atoms with Gasteiger partial charge < -0.3 is 29.4 Å². The fraction of sp³-hybridized carbons (Fsp3) is 0.273. The van der Waals surface area contributed by atoms with Gasteiger partial charge in [0.1, 0.15) is 19.0 Å². The molecule has 2 heterocycles. The molecule has 0 saturated heterocycles. The molecule has 0 aliphatic carbocycles. The zero-order chi connectivity index (χ0) is 21.6. The van der Waals surface area contributed by atoms with Gasteiger partial charge in [-0.1, -0.05) is 0 Å². The first kappa shape index (κ1) is 20.8. The third-order valence-electron chi connectivity index (χ3n) is 4.55. The molecule has 9 heteroatoms. The number of rotatable bonds is 3. The number of halogens is 1. The number of nitrogens with zero attached hydrogens (tertiary/aromatic N) is 1. The molecule has 1 amide bonds. The van der Waals surface area contributed by atoms with Gasteiger partial charge in [0.05, 0.1) is 31.9 Å². The second-order valence-electron chi connectivity index (χ2n) is 6.66. The summed E-state index contributed by atoms with van der Waals surface area (Å²) in [5, 5.41) is 0.604. The molecule has 8 nitrogen and oxygen atoms in total. The molecule has 0 spiro atoms. The Hall–Kier alpha value is -3.43. The van der Waals surface area contributed by atoms with Crippen molar-refractivity contribution < 1.29 is 32.9 Å². The molecule has 3 aromatic rings. The molecule has 31 heavy (non-hydrogen) atoms. The van der Waals surface area contributed by atoms with Crippen molar-refractivity contribution in [2.45, 2.75) is 0 Å². The summed E-state index contributed by atoms with van der Waals surface area (Å²) in [6, 6.07) is 8.87.